The Morgan fingerprint density at radius 2 is 1.29 bits per heavy atom. The first-order chi connectivity index (χ1) is 11.5. The fourth-order valence-electron chi connectivity index (χ4n) is 4.61. The average Bonchev–Trinajstić information content (AvgIpc) is 2.58. The largest absolute Gasteiger partial charge is 0.302 e. The quantitative estimate of drug-likeness (QED) is 0.528. The topological polar surface area (TPSA) is 6.48 Å². The molecule has 2 nitrogen and oxygen atoms in total. The smallest absolute Gasteiger partial charge is 0.0109 e. The van der Waals surface area contributed by atoms with Crippen LogP contribution in [0.25, 0.3) is 0 Å². The predicted octanol–water partition coefficient (Wildman–Crippen LogP) is 5.28. The molecule has 2 aliphatic rings. The van der Waals surface area contributed by atoms with Gasteiger partial charge in [-0.25, -0.2) is 0 Å². The van der Waals surface area contributed by atoms with Gasteiger partial charge in [0.2, 0.25) is 0 Å². The minimum Gasteiger partial charge on any atom is -0.302 e. The van der Waals surface area contributed by atoms with Crippen molar-refractivity contribution in [2.24, 2.45) is 23.7 Å². The predicted molar refractivity (Wildman–Crippen MR) is 106 cm³/mol. The lowest BCUT2D eigenvalue weighted by Crippen LogP contribution is -2.42. The van der Waals surface area contributed by atoms with Crippen LogP contribution >= 0.6 is 0 Å². The number of likely N-dealkylation sites (tertiary alicyclic amines) is 2. The molecule has 2 heterocycles. The van der Waals surface area contributed by atoms with Crippen molar-refractivity contribution in [3.63, 3.8) is 0 Å². The van der Waals surface area contributed by atoms with E-state index in [1.807, 2.05) is 0 Å². The van der Waals surface area contributed by atoms with Gasteiger partial charge in [0.15, 0.2) is 0 Å². The Balaban J connectivity index is 1.51. The third-order valence-corrected chi connectivity index (χ3v) is 6.66. The summed E-state index contributed by atoms with van der Waals surface area (Å²) in [6, 6.07) is 0. The summed E-state index contributed by atoms with van der Waals surface area (Å²) >= 11 is 0. The van der Waals surface area contributed by atoms with Crippen molar-refractivity contribution in [3.05, 3.63) is 0 Å². The van der Waals surface area contributed by atoms with Crippen molar-refractivity contribution in [1.82, 2.24) is 9.80 Å². The Kier molecular flexibility index (Phi) is 9.11. The summed E-state index contributed by atoms with van der Waals surface area (Å²) in [5, 5.41) is 0. The van der Waals surface area contributed by atoms with E-state index >= 15 is 0 Å². The van der Waals surface area contributed by atoms with Crippen molar-refractivity contribution >= 4 is 0 Å². The summed E-state index contributed by atoms with van der Waals surface area (Å²) in [7, 11) is 0. The van der Waals surface area contributed by atoms with E-state index in [4.69, 9.17) is 0 Å². The molecule has 0 aromatic rings. The summed E-state index contributed by atoms with van der Waals surface area (Å²) in [5.41, 5.74) is 0. The zero-order chi connectivity index (χ0) is 17.4. The zero-order valence-corrected chi connectivity index (χ0v) is 17.1. The molecule has 0 bridgehead atoms. The summed E-state index contributed by atoms with van der Waals surface area (Å²) < 4.78 is 0. The molecule has 2 heteroatoms. The molecule has 0 unspecified atom stereocenters. The van der Waals surface area contributed by atoms with Crippen LogP contribution in [0.5, 0.6) is 0 Å². The van der Waals surface area contributed by atoms with Crippen molar-refractivity contribution < 1.29 is 0 Å². The fourth-order valence-corrected chi connectivity index (χ4v) is 4.61. The van der Waals surface area contributed by atoms with Gasteiger partial charge in [-0.05, 0) is 75.5 Å². The highest BCUT2D eigenvalue weighted by molar-refractivity contribution is 4.77. The molecule has 0 aromatic heterocycles. The van der Waals surface area contributed by atoms with Crippen LogP contribution in [0.1, 0.15) is 79.1 Å². The van der Waals surface area contributed by atoms with Crippen LogP contribution in [0.15, 0.2) is 0 Å². The van der Waals surface area contributed by atoms with E-state index in [0.29, 0.717) is 0 Å². The van der Waals surface area contributed by atoms with Gasteiger partial charge in [0.1, 0.15) is 0 Å². The SMILES string of the molecule is CC(C)CCCCC1CCN(CCN2CCC(C(C)C)CC2)CC1. The molecule has 0 aromatic carbocycles. The number of hydrogen-bond acceptors (Lipinski definition) is 2. The summed E-state index contributed by atoms with van der Waals surface area (Å²) in [6.07, 6.45) is 11.6. The Morgan fingerprint density at radius 1 is 0.750 bits per heavy atom. The maximum atomic E-state index is 2.74. The molecule has 0 saturated carbocycles. The van der Waals surface area contributed by atoms with Gasteiger partial charge >= 0.3 is 0 Å². The lowest BCUT2D eigenvalue weighted by molar-refractivity contribution is 0.120. The minimum atomic E-state index is 0.881. The molecule has 2 aliphatic heterocycles. The number of nitrogens with zero attached hydrogens (tertiary/aromatic N) is 2. The highest BCUT2D eigenvalue weighted by Gasteiger charge is 2.23. The lowest BCUT2D eigenvalue weighted by Gasteiger charge is -2.37. The Labute approximate surface area is 152 Å². The average molecular weight is 337 g/mol. The van der Waals surface area contributed by atoms with Gasteiger partial charge in [0, 0.05) is 13.1 Å². The van der Waals surface area contributed by atoms with Crippen LogP contribution in [0.4, 0.5) is 0 Å². The van der Waals surface area contributed by atoms with Crippen molar-refractivity contribution in [1.29, 1.82) is 0 Å². The third-order valence-electron chi connectivity index (χ3n) is 6.66. The molecule has 2 saturated heterocycles. The van der Waals surface area contributed by atoms with Crippen LogP contribution < -0.4 is 0 Å². The van der Waals surface area contributed by atoms with Crippen LogP contribution in [0.2, 0.25) is 0 Å². The van der Waals surface area contributed by atoms with Crippen LogP contribution in [-0.2, 0) is 0 Å². The van der Waals surface area contributed by atoms with Gasteiger partial charge in [-0.1, -0.05) is 53.4 Å². The van der Waals surface area contributed by atoms with Gasteiger partial charge in [-0.3, -0.25) is 0 Å². The number of hydrogen-bond donors (Lipinski definition) is 0. The molecular weight excluding hydrogens is 292 g/mol. The molecule has 0 spiro atoms. The van der Waals surface area contributed by atoms with Gasteiger partial charge in [-0.2, -0.15) is 0 Å². The number of rotatable bonds is 9. The van der Waals surface area contributed by atoms with Crippen molar-refractivity contribution in [2.75, 3.05) is 39.3 Å². The second kappa shape index (κ2) is 10.8. The third kappa shape index (κ3) is 7.44. The first-order valence-electron chi connectivity index (χ1n) is 11.0. The zero-order valence-electron chi connectivity index (χ0n) is 17.1. The van der Waals surface area contributed by atoms with E-state index in [0.717, 1.165) is 23.7 Å². The molecule has 24 heavy (non-hydrogen) atoms. The standard InChI is InChI=1S/C22H44N2/c1-19(2)7-5-6-8-21-9-13-23(14-10-21)17-18-24-15-11-22(12-16-24)20(3)4/h19-22H,5-18H2,1-4H3. The van der Waals surface area contributed by atoms with Crippen molar-refractivity contribution in [2.45, 2.75) is 79.1 Å². The summed E-state index contributed by atoms with van der Waals surface area (Å²) in [4.78, 5) is 5.45. The summed E-state index contributed by atoms with van der Waals surface area (Å²) in [5.74, 6) is 3.77. The molecular formula is C22H44N2. The van der Waals surface area contributed by atoms with Crippen LogP contribution in [0, 0.1) is 23.7 Å². The van der Waals surface area contributed by atoms with Crippen molar-refractivity contribution in [3.8, 4) is 0 Å². The first kappa shape index (κ1) is 20.2. The second-order valence-corrected chi connectivity index (χ2v) is 9.39. The maximum absolute atomic E-state index is 2.74. The van der Waals surface area contributed by atoms with Gasteiger partial charge in [0.05, 0.1) is 0 Å². The second-order valence-electron chi connectivity index (χ2n) is 9.39. The van der Waals surface area contributed by atoms with Crippen LogP contribution in [0.3, 0.4) is 0 Å². The Morgan fingerprint density at radius 3 is 1.79 bits per heavy atom. The summed E-state index contributed by atoms with van der Waals surface area (Å²) in [6.45, 7) is 17.5. The Hall–Kier alpha value is -0.0800. The molecule has 0 radical (unpaired) electrons. The maximum Gasteiger partial charge on any atom is 0.0109 e. The molecule has 142 valence electrons. The molecule has 0 amide bonds. The lowest BCUT2D eigenvalue weighted by atomic mass is 9.87. The highest BCUT2D eigenvalue weighted by Crippen LogP contribution is 2.25. The number of piperidine rings is 2. The Bertz CT molecular complexity index is 310. The van der Waals surface area contributed by atoms with E-state index in [1.165, 1.54) is 90.6 Å². The van der Waals surface area contributed by atoms with E-state index in [1.54, 1.807) is 0 Å². The fraction of sp³-hybridized carbons (Fsp3) is 1.00. The molecule has 2 fully saturated rings. The highest BCUT2D eigenvalue weighted by atomic mass is 15.2. The van der Waals surface area contributed by atoms with Crippen LogP contribution in [-0.4, -0.2) is 49.1 Å². The number of unbranched alkanes of at least 4 members (excludes halogenated alkanes) is 1. The molecule has 0 N–H and O–H groups in total. The normalized spacial score (nSPS) is 22.8. The van der Waals surface area contributed by atoms with E-state index in [-0.39, 0.29) is 0 Å². The minimum absolute atomic E-state index is 0.881. The van der Waals surface area contributed by atoms with Gasteiger partial charge < -0.3 is 9.80 Å². The van der Waals surface area contributed by atoms with Gasteiger partial charge in [-0.15, -0.1) is 0 Å². The molecule has 0 atom stereocenters. The van der Waals surface area contributed by atoms with E-state index < -0.39 is 0 Å². The monoisotopic (exact) mass is 336 g/mol. The van der Waals surface area contributed by atoms with Gasteiger partial charge in [0.25, 0.3) is 0 Å². The first-order valence-corrected chi connectivity index (χ1v) is 11.0. The molecule has 2 rings (SSSR count). The molecule has 0 aliphatic carbocycles. The van der Waals surface area contributed by atoms with E-state index in [2.05, 4.69) is 37.5 Å². The van der Waals surface area contributed by atoms with E-state index in [9.17, 15) is 0 Å².